The number of carbonyl (C=O) groups is 1. The molecular formula is C18H20ClNO3. The molecule has 0 radical (unpaired) electrons. The van der Waals surface area contributed by atoms with Gasteiger partial charge in [0.15, 0.2) is 6.10 Å². The first-order valence-corrected chi connectivity index (χ1v) is 7.79. The lowest BCUT2D eigenvalue weighted by molar-refractivity contribution is -0.122. The van der Waals surface area contributed by atoms with Crippen molar-refractivity contribution in [3.8, 4) is 11.5 Å². The van der Waals surface area contributed by atoms with Gasteiger partial charge in [0.25, 0.3) is 5.91 Å². The molecule has 0 heterocycles. The molecule has 0 aliphatic rings. The molecule has 0 saturated heterocycles. The number of methoxy groups -OCH3 is 1. The van der Waals surface area contributed by atoms with Crippen LogP contribution in [0.4, 0.5) is 5.69 Å². The molecular weight excluding hydrogens is 314 g/mol. The van der Waals surface area contributed by atoms with Crippen molar-refractivity contribution in [2.75, 3.05) is 12.4 Å². The van der Waals surface area contributed by atoms with Crippen LogP contribution in [0.25, 0.3) is 0 Å². The molecule has 0 fully saturated rings. The summed E-state index contributed by atoms with van der Waals surface area (Å²) in [5, 5.41) is 3.51. The van der Waals surface area contributed by atoms with E-state index in [1.54, 1.807) is 31.4 Å². The third-order valence-electron chi connectivity index (χ3n) is 3.44. The molecule has 1 amide bonds. The lowest BCUT2D eigenvalue weighted by Gasteiger charge is -2.18. The lowest BCUT2D eigenvalue weighted by Crippen LogP contribution is -2.32. The molecule has 1 unspecified atom stereocenters. The molecule has 0 spiro atoms. The largest absolute Gasteiger partial charge is 0.495 e. The number of hydrogen-bond acceptors (Lipinski definition) is 3. The molecule has 4 nitrogen and oxygen atoms in total. The highest BCUT2D eigenvalue weighted by Gasteiger charge is 2.20. The van der Waals surface area contributed by atoms with Crippen molar-refractivity contribution >= 4 is 23.2 Å². The van der Waals surface area contributed by atoms with Crippen LogP contribution in [0.2, 0.25) is 5.02 Å². The Hall–Kier alpha value is -2.20. The summed E-state index contributed by atoms with van der Waals surface area (Å²) in [6.45, 7) is 3.79. The zero-order valence-corrected chi connectivity index (χ0v) is 14.2. The average molecular weight is 334 g/mol. The minimum atomic E-state index is -0.597. The van der Waals surface area contributed by atoms with Crippen LogP contribution in [0.5, 0.6) is 11.5 Å². The van der Waals surface area contributed by atoms with E-state index >= 15 is 0 Å². The number of para-hydroxylation sites is 2. The first-order chi connectivity index (χ1) is 11.0. The van der Waals surface area contributed by atoms with Gasteiger partial charge >= 0.3 is 0 Å². The van der Waals surface area contributed by atoms with Crippen LogP contribution in [0.3, 0.4) is 0 Å². The molecule has 2 aromatic rings. The number of ether oxygens (including phenoxy) is 2. The fourth-order valence-electron chi connectivity index (χ4n) is 2.14. The minimum Gasteiger partial charge on any atom is -0.495 e. The van der Waals surface area contributed by atoms with E-state index in [0.717, 1.165) is 5.56 Å². The van der Waals surface area contributed by atoms with E-state index in [1.165, 1.54) is 0 Å². The molecule has 122 valence electrons. The normalized spacial score (nSPS) is 11.7. The highest BCUT2D eigenvalue weighted by molar-refractivity contribution is 6.31. The van der Waals surface area contributed by atoms with Crippen molar-refractivity contribution in [3.05, 3.63) is 53.1 Å². The highest BCUT2D eigenvalue weighted by Crippen LogP contribution is 2.25. The monoisotopic (exact) mass is 333 g/mol. The van der Waals surface area contributed by atoms with Gasteiger partial charge in [-0.1, -0.05) is 30.7 Å². The zero-order valence-electron chi connectivity index (χ0n) is 13.4. The number of rotatable bonds is 6. The molecule has 23 heavy (non-hydrogen) atoms. The van der Waals surface area contributed by atoms with Crippen molar-refractivity contribution in [2.24, 2.45) is 0 Å². The van der Waals surface area contributed by atoms with E-state index < -0.39 is 6.10 Å². The maximum atomic E-state index is 12.5. The van der Waals surface area contributed by atoms with Crippen LogP contribution in [-0.2, 0) is 4.79 Å². The molecule has 1 atom stereocenters. The Morgan fingerprint density at radius 2 is 2.00 bits per heavy atom. The van der Waals surface area contributed by atoms with Crippen LogP contribution in [0.1, 0.15) is 18.9 Å². The first kappa shape index (κ1) is 17.2. The van der Waals surface area contributed by atoms with E-state index in [9.17, 15) is 4.79 Å². The summed E-state index contributed by atoms with van der Waals surface area (Å²) in [4.78, 5) is 12.5. The summed E-state index contributed by atoms with van der Waals surface area (Å²) in [6, 6.07) is 12.6. The summed E-state index contributed by atoms with van der Waals surface area (Å²) in [6.07, 6.45) is -0.0525. The molecule has 0 bridgehead atoms. The number of halogens is 1. The number of anilines is 1. The Balaban J connectivity index is 2.10. The summed E-state index contributed by atoms with van der Waals surface area (Å²) < 4.78 is 11.0. The number of aryl methyl sites for hydroxylation is 1. The minimum absolute atomic E-state index is 0.218. The molecule has 1 N–H and O–H groups in total. The molecule has 0 aromatic heterocycles. The van der Waals surface area contributed by atoms with Gasteiger partial charge in [-0.15, -0.1) is 0 Å². The molecule has 2 rings (SSSR count). The SMILES string of the molecule is CCC(Oc1ccc(Cl)c(C)c1)C(=O)Nc1ccccc1OC. The number of benzene rings is 2. The van der Waals surface area contributed by atoms with Crippen LogP contribution in [0, 0.1) is 6.92 Å². The lowest BCUT2D eigenvalue weighted by atomic mass is 10.2. The standard InChI is InChI=1S/C18H20ClNO3/c1-4-16(23-13-9-10-14(19)12(2)11-13)18(21)20-15-7-5-6-8-17(15)22-3/h5-11,16H,4H2,1-3H3,(H,20,21). The third-order valence-corrected chi connectivity index (χ3v) is 3.86. The number of hydrogen-bond donors (Lipinski definition) is 1. The quantitative estimate of drug-likeness (QED) is 0.849. The predicted octanol–water partition coefficient (Wildman–Crippen LogP) is 4.45. The van der Waals surface area contributed by atoms with Gasteiger partial charge < -0.3 is 14.8 Å². The fourth-order valence-corrected chi connectivity index (χ4v) is 2.26. The van der Waals surface area contributed by atoms with Gasteiger partial charge in [-0.3, -0.25) is 4.79 Å². The highest BCUT2D eigenvalue weighted by atomic mass is 35.5. The smallest absolute Gasteiger partial charge is 0.265 e. The maximum absolute atomic E-state index is 12.5. The van der Waals surface area contributed by atoms with Gasteiger partial charge in [-0.25, -0.2) is 0 Å². The van der Waals surface area contributed by atoms with Crippen LogP contribution in [-0.4, -0.2) is 19.1 Å². The second kappa shape index (κ2) is 7.88. The van der Waals surface area contributed by atoms with E-state index in [0.29, 0.717) is 28.6 Å². The number of carbonyl (C=O) groups excluding carboxylic acids is 1. The van der Waals surface area contributed by atoms with Gasteiger partial charge in [0, 0.05) is 5.02 Å². The number of nitrogens with one attached hydrogen (secondary N) is 1. The van der Waals surface area contributed by atoms with Crippen molar-refractivity contribution in [1.29, 1.82) is 0 Å². The first-order valence-electron chi connectivity index (χ1n) is 7.41. The molecule has 5 heteroatoms. The summed E-state index contributed by atoms with van der Waals surface area (Å²) in [5.74, 6) is 1.01. The fraction of sp³-hybridized carbons (Fsp3) is 0.278. The van der Waals surface area contributed by atoms with Crippen molar-refractivity contribution in [2.45, 2.75) is 26.4 Å². The third kappa shape index (κ3) is 4.39. The Bertz CT molecular complexity index is 688. The van der Waals surface area contributed by atoms with Crippen LogP contribution >= 0.6 is 11.6 Å². The topological polar surface area (TPSA) is 47.6 Å². The molecule has 0 aliphatic carbocycles. The molecule has 2 aromatic carbocycles. The van der Waals surface area contributed by atoms with Crippen molar-refractivity contribution in [1.82, 2.24) is 0 Å². The van der Waals surface area contributed by atoms with Gasteiger partial charge in [-0.05, 0) is 49.2 Å². The second-order valence-electron chi connectivity index (χ2n) is 5.12. The maximum Gasteiger partial charge on any atom is 0.265 e. The van der Waals surface area contributed by atoms with Crippen molar-refractivity contribution < 1.29 is 14.3 Å². The Morgan fingerprint density at radius 1 is 1.26 bits per heavy atom. The number of amides is 1. The Kier molecular flexibility index (Phi) is 5.88. The second-order valence-corrected chi connectivity index (χ2v) is 5.52. The van der Waals surface area contributed by atoms with Gasteiger partial charge in [0.1, 0.15) is 11.5 Å². The summed E-state index contributed by atoms with van der Waals surface area (Å²) >= 11 is 6.01. The average Bonchev–Trinajstić information content (AvgIpc) is 2.56. The summed E-state index contributed by atoms with van der Waals surface area (Å²) in [7, 11) is 1.56. The Morgan fingerprint density at radius 3 is 2.65 bits per heavy atom. The van der Waals surface area contributed by atoms with Crippen LogP contribution in [0.15, 0.2) is 42.5 Å². The zero-order chi connectivity index (χ0) is 16.8. The van der Waals surface area contributed by atoms with Gasteiger partial charge in [-0.2, -0.15) is 0 Å². The van der Waals surface area contributed by atoms with E-state index in [4.69, 9.17) is 21.1 Å². The predicted molar refractivity (Wildman–Crippen MR) is 92.5 cm³/mol. The summed E-state index contributed by atoms with van der Waals surface area (Å²) in [5.41, 5.74) is 1.53. The van der Waals surface area contributed by atoms with E-state index in [1.807, 2.05) is 32.0 Å². The Labute approximate surface area is 141 Å². The van der Waals surface area contributed by atoms with E-state index in [2.05, 4.69) is 5.32 Å². The molecule has 0 saturated carbocycles. The van der Waals surface area contributed by atoms with Gasteiger partial charge in [0.2, 0.25) is 0 Å². The van der Waals surface area contributed by atoms with E-state index in [-0.39, 0.29) is 5.91 Å². The van der Waals surface area contributed by atoms with Gasteiger partial charge in [0.05, 0.1) is 12.8 Å². The van der Waals surface area contributed by atoms with Crippen molar-refractivity contribution in [3.63, 3.8) is 0 Å². The molecule has 0 aliphatic heterocycles. The van der Waals surface area contributed by atoms with Crippen LogP contribution < -0.4 is 14.8 Å².